The first-order valence-electron chi connectivity index (χ1n) is 6.53. The molecule has 4 N–H and O–H groups in total. The van der Waals surface area contributed by atoms with Crippen molar-refractivity contribution in [3.63, 3.8) is 0 Å². The first kappa shape index (κ1) is 14.8. The Hall–Kier alpha value is -1.59. The Kier molecular flexibility index (Phi) is 4.30. The quantitative estimate of drug-likeness (QED) is 0.796. The molecule has 0 unspecified atom stereocenters. The molecule has 1 aromatic rings. The molecule has 0 aliphatic heterocycles. The number of rotatable bonds is 4. The van der Waals surface area contributed by atoms with Crippen LogP contribution in [-0.2, 0) is 4.79 Å². The van der Waals surface area contributed by atoms with Crippen LogP contribution in [0.4, 0.5) is 5.69 Å². The highest BCUT2D eigenvalue weighted by Crippen LogP contribution is 2.38. The minimum atomic E-state index is -1.17. The number of halogens is 1. The second-order valence-electron chi connectivity index (χ2n) is 5.11. The van der Waals surface area contributed by atoms with E-state index in [1.54, 1.807) is 6.07 Å². The molecule has 1 aromatic carbocycles. The predicted molar refractivity (Wildman–Crippen MR) is 77.0 cm³/mol. The van der Waals surface area contributed by atoms with Gasteiger partial charge in [0.25, 0.3) is 0 Å². The van der Waals surface area contributed by atoms with Crippen molar-refractivity contribution in [3.05, 3.63) is 28.8 Å². The van der Waals surface area contributed by atoms with Gasteiger partial charge in [0, 0.05) is 6.54 Å². The number of carbonyl (C=O) groups is 2. The molecule has 1 saturated carbocycles. The number of carboxylic acids is 1. The van der Waals surface area contributed by atoms with Crippen molar-refractivity contribution in [2.24, 2.45) is 11.1 Å². The molecule has 20 heavy (non-hydrogen) atoms. The van der Waals surface area contributed by atoms with E-state index in [-0.39, 0.29) is 28.7 Å². The molecule has 1 aliphatic carbocycles. The van der Waals surface area contributed by atoms with Gasteiger partial charge in [0.1, 0.15) is 5.56 Å². The van der Waals surface area contributed by atoms with Crippen LogP contribution in [0.25, 0.3) is 0 Å². The number of benzene rings is 1. The molecule has 0 radical (unpaired) electrons. The van der Waals surface area contributed by atoms with Crippen LogP contribution in [0.3, 0.4) is 0 Å². The summed E-state index contributed by atoms with van der Waals surface area (Å²) in [4.78, 5) is 23.7. The largest absolute Gasteiger partial charge is 0.478 e. The maximum absolute atomic E-state index is 12.4. The Labute approximate surface area is 122 Å². The fourth-order valence-corrected chi connectivity index (χ4v) is 2.93. The van der Waals surface area contributed by atoms with Gasteiger partial charge < -0.3 is 16.2 Å². The van der Waals surface area contributed by atoms with Crippen LogP contribution in [0.15, 0.2) is 18.2 Å². The van der Waals surface area contributed by atoms with Gasteiger partial charge in [-0.15, -0.1) is 0 Å². The Morgan fingerprint density at radius 1 is 1.35 bits per heavy atom. The van der Waals surface area contributed by atoms with Crippen molar-refractivity contribution >= 4 is 29.2 Å². The lowest BCUT2D eigenvalue weighted by Gasteiger charge is -2.26. The zero-order valence-electron chi connectivity index (χ0n) is 11.0. The molecule has 108 valence electrons. The van der Waals surface area contributed by atoms with Crippen LogP contribution >= 0.6 is 11.6 Å². The number of nitrogens with one attached hydrogen (secondary N) is 1. The van der Waals surface area contributed by atoms with Gasteiger partial charge in [-0.2, -0.15) is 0 Å². The van der Waals surface area contributed by atoms with Gasteiger partial charge in [-0.05, 0) is 25.0 Å². The van der Waals surface area contributed by atoms with E-state index in [2.05, 4.69) is 5.32 Å². The molecule has 0 spiro atoms. The van der Waals surface area contributed by atoms with Gasteiger partial charge in [-0.1, -0.05) is 30.5 Å². The number of anilines is 1. The zero-order valence-corrected chi connectivity index (χ0v) is 11.7. The number of hydrogen-bond donors (Lipinski definition) is 3. The summed E-state index contributed by atoms with van der Waals surface area (Å²) in [5.74, 6) is -1.39. The molecule has 2 rings (SSSR count). The number of amides is 1. The molecule has 1 aliphatic rings. The fraction of sp³-hybridized carbons (Fsp3) is 0.429. The zero-order chi connectivity index (χ0) is 14.8. The Balaban J connectivity index is 2.28. The molecule has 0 aromatic heterocycles. The maximum Gasteiger partial charge on any atom is 0.339 e. The van der Waals surface area contributed by atoms with Gasteiger partial charge in [0.05, 0.1) is 16.1 Å². The monoisotopic (exact) mass is 296 g/mol. The predicted octanol–water partition coefficient (Wildman–Crippen LogP) is 2.50. The van der Waals surface area contributed by atoms with Crippen LogP contribution < -0.4 is 11.1 Å². The Bertz CT molecular complexity index is 539. The van der Waals surface area contributed by atoms with Gasteiger partial charge in [-0.25, -0.2) is 4.79 Å². The highest BCUT2D eigenvalue weighted by atomic mass is 35.5. The molecule has 5 nitrogen and oxygen atoms in total. The lowest BCUT2D eigenvalue weighted by Crippen LogP contribution is -2.40. The van der Waals surface area contributed by atoms with Crippen LogP contribution in [0.2, 0.25) is 5.02 Å². The lowest BCUT2D eigenvalue weighted by molar-refractivity contribution is -0.124. The standard InChI is InChI=1S/C14H17ClN2O3/c15-9-4-3-5-10(11(9)12(18)19)17-13(20)14(8-16)6-1-2-7-14/h3-5H,1-2,6-8,16H2,(H,17,20)(H,18,19). The van der Waals surface area contributed by atoms with E-state index in [4.69, 9.17) is 17.3 Å². The number of hydrogen-bond acceptors (Lipinski definition) is 3. The average molecular weight is 297 g/mol. The summed E-state index contributed by atoms with van der Waals surface area (Å²) in [6.45, 7) is 0.266. The van der Waals surface area contributed by atoms with Gasteiger partial charge in [0.15, 0.2) is 0 Å². The SMILES string of the molecule is NCC1(C(=O)Nc2cccc(Cl)c2C(=O)O)CCCC1. The summed E-state index contributed by atoms with van der Waals surface area (Å²) >= 11 is 5.88. The van der Waals surface area contributed by atoms with Crippen LogP contribution in [0, 0.1) is 5.41 Å². The van der Waals surface area contributed by atoms with Crippen molar-refractivity contribution < 1.29 is 14.7 Å². The lowest BCUT2D eigenvalue weighted by atomic mass is 9.85. The third-order valence-corrected chi connectivity index (χ3v) is 4.22. The topological polar surface area (TPSA) is 92.4 Å². The first-order valence-corrected chi connectivity index (χ1v) is 6.91. The first-order chi connectivity index (χ1) is 9.50. The normalized spacial score (nSPS) is 16.9. The van der Waals surface area contributed by atoms with Crippen LogP contribution in [-0.4, -0.2) is 23.5 Å². The molecule has 6 heteroatoms. The van der Waals surface area contributed by atoms with E-state index in [0.29, 0.717) is 0 Å². The molecule has 0 atom stereocenters. The Morgan fingerprint density at radius 2 is 2.00 bits per heavy atom. The molecule has 0 saturated heterocycles. The third-order valence-electron chi connectivity index (χ3n) is 3.91. The van der Waals surface area contributed by atoms with E-state index >= 15 is 0 Å². The minimum absolute atomic E-state index is 0.0901. The summed E-state index contributed by atoms with van der Waals surface area (Å²) in [5, 5.41) is 12.0. The van der Waals surface area contributed by atoms with Gasteiger partial charge >= 0.3 is 5.97 Å². The molecule has 1 amide bonds. The van der Waals surface area contributed by atoms with E-state index in [1.165, 1.54) is 12.1 Å². The molecule has 1 fully saturated rings. The summed E-state index contributed by atoms with van der Waals surface area (Å²) in [5.41, 5.74) is 5.29. The number of nitrogens with two attached hydrogens (primary N) is 1. The highest BCUT2D eigenvalue weighted by molar-refractivity contribution is 6.34. The van der Waals surface area contributed by atoms with Crippen molar-refractivity contribution in [3.8, 4) is 0 Å². The van der Waals surface area contributed by atoms with E-state index < -0.39 is 11.4 Å². The highest BCUT2D eigenvalue weighted by Gasteiger charge is 2.40. The molecular weight excluding hydrogens is 280 g/mol. The summed E-state index contributed by atoms with van der Waals surface area (Å²) in [6.07, 6.45) is 3.40. The van der Waals surface area contributed by atoms with Crippen molar-refractivity contribution in [1.82, 2.24) is 0 Å². The van der Waals surface area contributed by atoms with Crippen molar-refractivity contribution in [2.45, 2.75) is 25.7 Å². The second kappa shape index (κ2) is 5.81. The molecule has 0 heterocycles. The molecule has 0 bridgehead atoms. The number of carboxylic acid groups (broad SMARTS) is 1. The average Bonchev–Trinajstić information content (AvgIpc) is 2.88. The summed E-state index contributed by atoms with van der Waals surface area (Å²) in [7, 11) is 0. The summed E-state index contributed by atoms with van der Waals surface area (Å²) in [6, 6.07) is 4.62. The van der Waals surface area contributed by atoms with Crippen molar-refractivity contribution in [2.75, 3.05) is 11.9 Å². The third kappa shape index (κ3) is 2.64. The maximum atomic E-state index is 12.4. The van der Waals surface area contributed by atoms with E-state index in [0.717, 1.165) is 25.7 Å². The van der Waals surface area contributed by atoms with Crippen LogP contribution in [0.1, 0.15) is 36.0 Å². The summed E-state index contributed by atoms with van der Waals surface area (Å²) < 4.78 is 0. The Morgan fingerprint density at radius 3 is 2.55 bits per heavy atom. The van der Waals surface area contributed by atoms with Gasteiger partial charge in [0.2, 0.25) is 5.91 Å². The van der Waals surface area contributed by atoms with E-state index in [1.807, 2.05) is 0 Å². The minimum Gasteiger partial charge on any atom is -0.478 e. The number of carbonyl (C=O) groups excluding carboxylic acids is 1. The fourth-order valence-electron chi connectivity index (χ4n) is 2.68. The van der Waals surface area contributed by atoms with E-state index in [9.17, 15) is 14.7 Å². The smallest absolute Gasteiger partial charge is 0.339 e. The van der Waals surface area contributed by atoms with Crippen molar-refractivity contribution in [1.29, 1.82) is 0 Å². The number of aromatic carboxylic acids is 1. The second-order valence-corrected chi connectivity index (χ2v) is 5.52. The van der Waals surface area contributed by atoms with Crippen LogP contribution in [0.5, 0.6) is 0 Å². The molecular formula is C14H17ClN2O3. The van der Waals surface area contributed by atoms with Gasteiger partial charge in [-0.3, -0.25) is 4.79 Å².